The fourth-order valence-corrected chi connectivity index (χ4v) is 4.73. The monoisotopic (exact) mass is 388 g/mol. The van der Waals surface area contributed by atoms with Crippen molar-refractivity contribution in [3.63, 3.8) is 0 Å². The summed E-state index contributed by atoms with van der Waals surface area (Å²) in [6, 6.07) is 6.99. The summed E-state index contributed by atoms with van der Waals surface area (Å²) in [5, 5.41) is 13.6. The Morgan fingerprint density at radius 2 is 2.04 bits per heavy atom. The minimum atomic E-state index is -0.121. The molecular weight excluding hydrogens is 368 g/mol. The smallest absolute Gasteiger partial charge is 0.223 e. The van der Waals surface area contributed by atoms with Gasteiger partial charge in [0.15, 0.2) is 0 Å². The van der Waals surface area contributed by atoms with E-state index >= 15 is 0 Å². The SMILES string of the molecule is CC(=O)Nc1nnc(N2CCN([C@@H](C)c3ccc4cnsc4c3)CC2)s1. The predicted octanol–water partition coefficient (Wildman–Crippen LogP) is 2.99. The molecule has 1 N–H and O–H groups in total. The van der Waals surface area contributed by atoms with Gasteiger partial charge in [0.25, 0.3) is 0 Å². The van der Waals surface area contributed by atoms with E-state index in [4.69, 9.17) is 0 Å². The Hall–Kier alpha value is -2.10. The van der Waals surface area contributed by atoms with Gasteiger partial charge in [-0.1, -0.05) is 23.5 Å². The van der Waals surface area contributed by atoms with Gasteiger partial charge in [-0.25, -0.2) is 0 Å². The van der Waals surface area contributed by atoms with Gasteiger partial charge in [0, 0.05) is 50.7 Å². The minimum Gasteiger partial charge on any atom is -0.344 e. The zero-order valence-electron chi connectivity index (χ0n) is 14.7. The van der Waals surface area contributed by atoms with E-state index in [0.29, 0.717) is 11.2 Å². The van der Waals surface area contributed by atoms with Crippen molar-refractivity contribution >= 4 is 49.1 Å². The predicted molar refractivity (Wildman–Crippen MR) is 106 cm³/mol. The quantitative estimate of drug-likeness (QED) is 0.741. The highest BCUT2D eigenvalue weighted by Crippen LogP contribution is 2.29. The largest absolute Gasteiger partial charge is 0.344 e. The number of amides is 1. The van der Waals surface area contributed by atoms with E-state index in [1.54, 1.807) is 11.5 Å². The highest BCUT2D eigenvalue weighted by atomic mass is 32.1. The van der Waals surface area contributed by atoms with Crippen LogP contribution in [0.15, 0.2) is 24.4 Å². The van der Waals surface area contributed by atoms with Crippen molar-refractivity contribution in [2.24, 2.45) is 0 Å². The Balaban J connectivity index is 1.39. The number of aromatic nitrogens is 3. The first-order valence-electron chi connectivity index (χ1n) is 8.54. The molecule has 9 heteroatoms. The van der Waals surface area contributed by atoms with Crippen LogP contribution in [0.2, 0.25) is 0 Å². The van der Waals surface area contributed by atoms with Gasteiger partial charge in [0.05, 0.1) is 4.70 Å². The molecule has 0 unspecified atom stereocenters. The van der Waals surface area contributed by atoms with E-state index in [1.807, 2.05) is 6.20 Å². The molecule has 0 radical (unpaired) electrons. The number of carbonyl (C=O) groups excluding carboxylic acids is 1. The molecule has 0 saturated carbocycles. The Kier molecular flexibility index (Phi) is 4.84. The van der Waals surface area contributed by atoms with Crippen LogP contribution in [-0.4, -0.2) is 51.6 Å². The molecule has 1 aromatic carbocycles. The van der Waals surface area contributed by atoms with Crippen molar-refractivity contribution in [3.05, 3.63) is 30.0 Å². The fraction of sp³-hybridized carbons (Fsp3) is 0.412. The van der Waals surface area contributed by atoms with Crippen molar-refractivity contribution in [3.8, 4) is 0 Å². The van der Waals surface area contributed by atoms with E-state index in [0.717, 1.165) is 31.3 Å². The third-order valence-corrected chi connectivity index (χ3v) is 6.35. The molecule has 0 bridgehead atoms. The lowest BCUT2D eigenvalue weighted by atomic mass is 10.1. The van der Waals surface area contributed by atoms with Gasteiger partial charge < -0.3 is 10.2 Å². The molecule has 1 atom stereocenters. The summed E-state index contributed by atoms with van der Waals surface area (Å²) in [5.74, 6) is -0.121. The summed E-state index contributed by atoms with van der Waals surface area (Å²) in [5.41, 5.74) is 1.33. The first-order valence-corrected chi connectivity index (χ1v) is 10.1. The topological polar surface area (TPSA) is 74.2 Å². The molecule has 1 aliphatic rings. The van der Waals surface area contributed by atoms with E-state index in [-0.39, 0.29) is 5.91 Å². The molecule has 4 rings (SSSR count). The number of hydrogen-bond acceptors (Lipinski definition) is 8. The van der Waals surface area contributed by atoms with Crippen LogP contribution in [-0.2, 0) is 4.79 Å². The lowest BCUT2D eigenvalue weighted by Gasteiger charge is -2.38. The summed E-state index contributed by atoms with van der Waals surface area (Å²) in [6.07, 6.45) is 1.92. The number of nitrogens with zero attached hydrogens (tertiary/aromatic N) is 5. The van der Waals surface area contributed by atoms with Crippen molar-refractivity contribution in [1.29, 1.82) is 0 Å². The average molecular weight is 389 g/mol. The normalized spacial score (nSPS) is 16.8. The summed E-state index contributed by atoms with van der Waals surface area (Å²) in [4.78, 5) is 15.8. The first-order chi connectivity index (χ1) is 12.6. The molecule has 3 heterocycles. The maximum Gasteiger partial charge on any atom is 0.223 e. The van der Waals surface area contributed by atoms with Gasteiger partial charge >= 0.3 is 0 Å². The number of anilines is 2. The number of nitrogens with one attached hydrogen (secondary N) is 1. The zero-order valence-corrected chi connectivity index (χ0v) is 16.3. The average Bonchev–Trinajstić information content (AvgIpc) is 3.29. The Morgan fingerprint density at radius 3 is 2.81 bits per heavy atom. The minimum absolute atomic E-state index is 0.121. The van der Waals surface area contributed by atoms with Crippen LogP contribution in [0.1, 0.15) is 25.5 Å². The van der Waals surface area contributed by atoms with Crippen LogP contribution in [0.4, 0.5) is 10.3 Å². The molecular formula is C17H20N6OS2. The number of rotatable bonds is 4. The maximum atomic E-state index is 11.1. The second kappa shape index (κ2) is 7.26. The van der Waals surface area contributed by atoms with Crippen LogP contribution in [0.5, 0.6) is 0 Å². The van der Waals surface area contributed by atoms with E-state index < -0.39 is 0 Å². The molecule has 1 fully saturated rings. The number of piperazine rings is 1. The van der Waals surface area contributed by atoms with Gasteiger partial charge in [0.1, 0.15) is 0 Å². The third kappa shape index (κ3) is 3.55. The number of hydrogen-bond donors (Lipinski definition) is 1. The van der Waals surface area contributed by atoms with Crippen LogP contribution in [0, 0.1) is 0 Å². The number of fused-ring (bicyclic) bond motifs is 1. The lowest BCUT2D eigenvalue weighted by molar-refractivity contribution is -0.114. The van der Waals surface area contributed by atoms with Crippen LogP contribution >= 0.6 is 22.9 Å². The second-order valence-electron chi connectivity index (χ2n) is 6.39. The molecule has 2 aromatic heterocycles. The summed E-state index contributed by atoms with van der Waals surface area (Å²) in [7, 11) is 0. The van der Waals surface area contributed by atoms with Crippen molar-refractivity contribution in [1.82, 2.24) is 19.5 Å². The Bertz CT molecular complexity index is 915. The summed E-state index contributed by atoms with van der Waals surface area (Å²) in [6.45, 7) is 7.49. The molecule has 3 aromatic rings. The maximum absolute atomic E-state index is 11.1. The zero-order chi connectivity index (χ0) is 18.1. The van der Waals surface area contributed by atoms with Crippen molar-refractivity contribution in [2.45, 2.75) is 19.9 Å². The van der Waals surface area contributed by atoms with E-state index in [2.05, 4.69) is 54.8 Å². The van der Waals surface area contributed by atoms with Gasteiger partial charge in [-0.3, -0.25) is 9.69 Å². The molecule has 0 aliphatic carbocycles. The number of carbonyl (C=O) groups is 1. The van der Waals surface area contributed by atoms with Gasteiger partial charge in [-0.15, -0.1) is 10.2 Å². The van der Waals surface area contributed by atoms with E-state index in [1.165, 1.54) is 33.9 Å². The second-order valence-corrected chi connectivity index (χ2v) is 8.18. The molecule has 26 heavy (non-hydrogen) atoms. The van der Waals surface area contributed by atoms with Crippen LogP contribution in [0.3, 0.4) is 0 Å². The number of benzene rings is 1. The van der Waals surface area contributed by atoms with Gasteiger partial charge in [-0.05, 0) is 30.1 Å². The lowest BCUT2D eigenvalue weighted by Crippen LogP contribution is -2.47. The highest BCUT2D eigenvalue weighted by molar-refractivity contribution is 7.19. The Morgan fingerprint density at radius 1 is 1.23 bits per heavy atom. The molecule has 1 saturated heterocycles. The van der Waals surface area contributed by atoms with Crippen molar-refractivity contribution < 1.29 is 4.79 Å². The first kappa shape index (κ1) is 17.3. The van der Waals surface area contributed by atoms with Crippen LogP contribution < -0.4 is 10.2 Å². The molecule has 136 valence electrons. The summed E-state index contributed by atoms with van der Waals surface area (Å²) >= 11 is 2.97. The van der Waals surface area contributed by atoms with Crippen LogP contribution in [0.25, 0.3) is 10.1 Å². The van der Waals surface area contributed by atoms with Gasteiger partial charge in [0.2, 0.25) is 16.2 Å². The molecule has 1 aliphatic heterocycles. The fourth-order valence-electron chi connectivity index (χ4n) is 3.19. The van der Waals surface area contributed by atoms with Crippen molar-refractivity contribution in [2.75, 3.05) is 36.4 Å². The standard InChI is InChI=1S/C17H20N6OS2/c1-11(13-3-4-14-10-18-26-15(14)9-13)22-5-7-23(8-6-22)17-21-20-16(25-17)19-12(2)24/h3-4,9-11H,5-8H2,1-2H3,(H,19,20,24)/t11-/m0/s1. The van der Waals surface area contributed by atoms with E-state index in [9.17, 15) is 4.79 Å². The third-order valence-electron chi connectivity index (χ3n) is 4.69. The highest BCUT2D eigenvalue weighted by Gasteiger charge is 2.24. The summed E-state index contributed by atoms with van der Waals surface area (Å²) < 4.78 is 5.50. The molecule has 1 amide bonds. The molecule has 0 spiro atoms. The van der Waals surface area contributed by atoms with Gasteiger partial charge in [-0.2, -0.15) is 4.37 Å². The Labute approximate surface area is 159 Å². The molecule has 7 nitrogen and oxygen atoms in total.